The second-order valence-electron chi connectivity index (χ2n) is 3.91. The number of hydrogen-bond acceptors (Lipinski definition) is 3. The Bertz CT molecular complexity index is 595. The summed E-state index contributed by atoms with van der Waals surface area (Å²) in [6, 6.07) is 7.87. The number of halogens is 2. The molecule has 2 rings (SSSR count). The molecule has 0 aliphatic carbocycles. The van der Waals surface area contributed by atoms with E-state index >= 15 is 0 Å². The minimum absolute atomic E-state index is 0.0915. The molecule has 0 fully saturated rings. The maximum absolute atomic E-state index is 13.1. The molecule has 100 valence electrons. The van der Waals surface area contributed by atoms with Crippen LogP contribution in [0.5, 0.6) is 5.75 Å². The molecule has 0 radical (unpaired) electrons. The monoisotopic (exact) mass is 342 g/mol. The zero-order chi connectivity index (χ0) is 13.8. The van der Waals surface area contributed by atoms with Crippen LogP contribution in [-0.2, 0) is 6.42 Å². The molecule has 0 saturated carbocycles. The standard InChI is InChI=1S/C14H12BrFO2S/c1-2-10-4-6-14(19-10)12(17)8-18-13-7-9(16)3-5-11(13)15/h3-7H,2,8H2,1H3. The number of carbonyl (C=O) groups is 1. The fourth-order valence-electron chi connectivity index (χ4n) is 1.52. The molecule has 19 heavy (non-hydrogen) atoms. The molecular formula is C14H12BrFO2S. The summed E-state index contributed by atoms with van der Waals surface area (Å²) in [5, 5.41) is 0. The Morgan fingerprint density at radius 3 is 2.84 bits per heavy atom. The molecule has 1 aromatic heterocycles. The molecule has 2 nitrogen and oxygen atoms in total. The number of rotatable bonds is 5. The van der Waals surface area contributed by atoms with Crippen LogP contribution in [0.2, 0.25) is 0 Å². The van der Waals surface area contributed by atoms with E-state index in [2.05, 4.69) is 15.9 Å². The van der Waals surface area contributed by atoms with E-state index in [4.69, 9.17) is 4.74 Å². The molecule has 0 spiro atoms. The molecule has 0 saturated heterocycles. The second kappa shape index (κ2) is 6.30. The predicted molar refractivity (Wildman–Crippen MR) is 77.6 cm³/mol. The summed E-state index contributed by atoms with van der Waals surface area (Å²) < 4.78 is 19.0. The number of benzene rings is 1. The molecule has 0 unspecified atom stereocenters. The fourth-order valence-corrected chi connectivity index (χ4v) is 2.75. The molecule has 2 aromatic rings. The minimum atomic E-state index is -0.393. The van der Waals surface area contributed by atoms with Crippen molar-refractivity contribution in [1.82, 2.24) is 0 Å². The Hall–Kier alpha value is -1.20. The highest BCUT2D eigenvalue weighted by molar-refractivity contribution is 9.10. The van der Waals surface area contributed by atoms with Gasteiger partial charge in [-0.3, -0.25) is 4.79 Å². The molecule has 5 heteroatoms. The highest BCUT2D eigenvalue weighted by Crippen LogP contribution is 2.26. The maximum Gasteiger partial charge on any atom is 0.210 e. The Morgan fingerprint density at radius 2 is 2.16 bits per heavy atom. The van der Waals surface area contributed by atoms with Crippen molar-refractivity contribution >= 4 is 33.0 Å². The van der Waals surface area contributed by atoms with Gasteiger partial charge in [-0.05, 0) is 46.6 Å². The third-order valence-corrected chi connectivity index (χ3v) is 4.46. The van der Waals surface area contributed by atoms with Crippen molar-refractivity contribution in [2.24, 2.45) is 0 Å². The first-order valence-corrected chi connectivity index (χ1v) is 7.41. The highest BCUT2D eigenvalue weighted by atomic mass is 79.9. The summed E-state index contributed by atoms with van der Waals surface area (Å²) in [7, 11) is 0. The topological polar surface area (TPSA) is 26.3 Å². The number of carbonyl (C=O) groups excluding carboxylic acids is 1. The molecule has 0 aliphatic rings. The third kappa shape index (κ3) is 3.64. The second-order valence-corrected chi connectivity index (χ2v) is 5.93. The third-order valence-electron chi connectivity index (χ3n) is 2.54. The molecule has 0 atom stereocenters. The molecule has 0 aliphatic heterocycles. The smallest absolute Gasteiger partial charge is 0.210 e. The van der Waals surface area contributed by atoms with Crippen LogP contribution in [0.3, 0.4) is 0 Å². The van der Waals surface area contributed by atoms with Crippen LogP contribution in [0.4, 0.5) is 4.39 Å². The van der Waals surface area contributed by atoms with Crippen LogP contribution < -0.4 is 4.74 Å². The van der Waals surface area contributed by atoms with Crippen molar-refractivity contribution in [2.45, 2.75) is 13.3 Å². The van der Waals surface area contributed by atoms with Gasteiger partial charge in [0, 0.05) is 10.9 Å². The number of ketones is 1. The number of aryl methyl sites for hydroxylation is 1. The van der Waals surface area contributed by atoms with Crippen molar-refractivity contribution in [2.75, 3.05) is 6.61 Å². The molecule has 1 heterocycles. The van der Waals surface area contributed by atoms with Gasteiger partial charge in [-0.1, -0.05) is 6.92 Å². The first-order chi connectivity index (χ1) is 9.10. The Balaban J connectivity index is 2.02. The van der Waals surface area contributed by atoms with Gasteiger partial charge in [0.2, 0.25) is 5.78 Å². The molecule has 0 bridgehead atoms. The Morgan fingerprint density at radius 1 is 1.37 bits per heavy atom. The summed E-state index contributed by atoms with van der Waals surface area (Å²) in [6.45, 7) is 1.95. The number of Topliss-reactive ketones (excluding diaryl/α,β-unsaturated/α-hetero) is 1. The van der Waals surface area contributed by atoms with Gasteiger partial charge >= 0.3 is 0 Å². The van der Waals surface area contributed by atoms with Gasteiger partial charge in [0.1, 0.15) is 11.6 Å². The fraction of sp³-hybridized carbons (Fsp3) is 0.214. The summed E-state index contributed by atoms with van der Waals surface area (Å²) in [6.07, 6.45) is 0.911. The predicted octanol–water partition coefficient (Wildman–Crippen LogP) is 4.47. The lowest BCUT2D eigenvalue weighted by molar-refractivity contribution is 0.0925. The van der Waals surface area contributed by atoms with E-state index < -0.39 is 5.82 Å². The van der Waals surface area contributed by atoms with Crippen molar-refractivity contribution in [3.05, 3.63) is 50.4 Å². The van der Waals surface area contributed by atoms with Crippen LogP contribution >= 0.6 is 27.3 Å². The first-order valence-electron chi connectivity index (χ1n) is 5.80. The molecule has 0 amide bonds. The first kappa shape index (κ1) is 14.2. The summed E-state index contributed by atoms with van der Waals surface area (Å²) >= 11 is 4.72. The van der Waals surface area contributed by atoms with Crippen molar-refractivity contribution in [3.63, 3.8) is 0 Å². The lowest BCUT2D eigenvalue weighted by Gasteiger charge is -2.06. The highest BCUT2D eigenvalue weighted by Gasteiger charge is 2.11. The van der Waals surface area contributed by atoms with Gasteiger partial charge in [-0.25, -0.2) is 4.39 Å². The van der Waals surface area contributed by atoms with Gasteiger partial charge in [-0.15, -0.1) is 11.3 Å². The van der Waals surface area contributed by atoms with Crippen LogP contribution in [0.15, 0.2) is 34.8 Å². The van der Waals surface area contributed by atoms with Crippen molar-refractivity contribution < 1.29 is 13.9 Å². The van der Waals surface area contributed by atoms with Gasteiger partial charge in [0.05, 0.1) is 9.35 Å². The number of hydrogen-bond donors (Lipinski definition) is 0. The number of thiophene rings is 1. The summed E-state index contributed by atoms with van der Waals surface area (Å²) in [5.74, 6) is -0.156. The van der Waals surface area contributed by atoms with Crippen molar-refractivity contribution in [3.8, 4) is 5.75 Å². The Kier molecular flexibility index (Phi) is 4.71. The maximum atomic E-state index is 13.1. The molecule has 0 N–H and O–H groups in total. The van der Waals surface area contributed by atoms with Crippen LogP contribution in [0, 0.1) is 5.82 Å². The quantitative estimate of drug-likeness (QED) is 0.749. The van der Waals surface area contributed by atoms with E-state index in [1.165, 1.54) is 23.5 Å². The van der Waals surface area contributed by atoms with E-state index in [0.29, 0.717) is 15.1 Å². The lowest BCUT2D eigenvalue weighted by Crippen LogP contribution is -2.10. The summed E-state index contributed by atoms with van der Waals surface area (Å²) in [5.41, 5.74) is 0. The van der Waals surface area contributed by atoms with E-state index in [9.17, 15) is 9.18 Å². The SMILES string of the molecule is CCc1ccc(C(=O)COc2cc(F)ccc2Br)s1. The van der Waals surface area contributed by atoms with Crippen LogP contribution in [0.25, 0.3) is 0 Å². The minimum Gasteiger partial charge on any atom is -0.484 e. The van der Waals surface area contributed by atoms with Gasteiger partial charge < -0.3 is 4.74 Å². The average Bonchev–Trinajstić information content (AvgIpc) is 2.88. The van der Waals surface area contributed by atoms with Gasteiger partial charge in [-0.2, -0.15) is 0 Å². The normalized spacial score (nSPS) is 10.5. The van der Waals surface area contributed by atoms with Crippen molar-refractivity contribution in [1.29, 1.82) is 0 Å². The number of ether oxygens (including phenoxy) is 1. The largest absolute Gasteiger partial charge is 0.484 e. The molecular weight excluding hydrogens is 331 g/mol. The van der Waals surface area contributed by atoms with E-state index in [-0.39, 0.29) is 12.4 Å². The van der Waals surface area contributed by atoms with Gasteiger partial charge in [0.15, 0.2) is 6.61 Å². The molecule has 1 aromatic carbocycles. The average molecular weight is 343 g/mol. The van der Waals surface area contributed by atoms with E-state index in [0.717, 1.165) is 11.3 Å². The van der Waals surface area contributed by atoms with E-state index in [1.807, 2.05) is 13.0 Å². The van der Waals surface area contributed by atoms with Crippen LogP contribution in [0.1, 0.15) is 21.5 Å². The Labute approximate surface area is 123 Å². The van der Waals surface area contributed by atoms with Crippen LogP contribution in [-0.4, -0.2) is 12.4 Å². The summed E-state index contributed by atoms with van der Waals surface area (Å²) in [4.78, 5) is 13.8. The zero-order valence-electron chi connectivity index (χ0n) is 10.3. The lowest BCUT2D eigenvalue weighted by atomic mass is 10.3. The van der Waals surface area contributed by atoms with Gasteiger partial charge in [0.25, 0.3) is 0 Å². The van der Waals surface area contributed by atoms with E-state index in [1.54, 1.807) is 12.1 Å². The zero-order valence-corrected chi connectivity index (χ0v) is 12.7.